The molecular weight excluding hydrogens is 188 g/mol. The molecule has 4 unspecified atom stereocenters. The highest BCUT2D eigenvalue weighted by Crippen LogP contribution is 2.19. The Balaban J connectivity index is 4.26. The molecule has 0 saturated heterocycles. The SMILES string of the molecule is CCNC(COC)C(C)C(C)C(N)CC. The van der Waals surface area contributed by atoms with Gasteiger partial charge in [-0.1, -0.05) is 27.7 Å². The maximum absolute atomic E-state index is 6.08. The molecule has 0 saturated carbocycles. The largest absolute Gasteiger partial charge is 0.383 e. The lowest BCUT2D eigenvalue weighted by Crippen LogP contribution is -2.45. The number of nitrogens with one attached hydrogen (secondary N) is 1. The fraction of sp³-hybridized carbons (Fsp3) is 1.00. The molecule has 92 valence electrons. The van der Waals surface area contributed by atoms with Crippen molar-refractivity contribution < 1.29 is 4.74 Å². The van der Waals surface area contributed by atoms with Crippen LogP contribution in [-0.4, -0.2) is 32.3 Å². The minimum Gasteiger partial charge on any atom is -0.383 e. The number of methoxy groups -OCH3 is 1. The van der Waals surface area contributed by atoms with Gasteiger partial charge in [0.1, 0.15) is 0 Å². The van der Waals surface area contributed by atoms with Crippen LogP contribution in [0.2, 0.25) is 0 Å². The third-order valence-electron chi connectivity index (χ3n) is 3.42. The van der Waals surface area contributed by atoms with E-state index >= 15 is 0 Å². The van der Waals surface area contributed by atoms with Crippen molar-refractivity contribution in [1.82, 2.24) is 5.32 Å². The van der Waals surface area contributed by atoms with Crippen LogP contribution in [0, 0.1) is 11.8 Å². The molecule has 15 heavy (non-hydrogen) atoms. The molecule has 0 aromatic rings. The molecular formula is C12H28N2O. The number of hydrogen-bond acceptors (Lipinski definition) is 3. The lowest BCUT2D eigenvalue weighted by molar-refractivity contribution is 0.122. The molecule has 0 radical (unpaired) electrons. The second-order valence-corrected chi connectivity index (χ2v) is 4.41. The van der Waals surface area contributed by atoms with Crippen molar-refractivity contribution >= 4 is 0 Å². The van der Waals surface area contributed by atoms with Gasteiger partial charge in [-0.25, -0.2) is 0 Å². The number of ether oxygens (including phenoxy) is 1. The van der Waals surface area contributed by atoms with E-state index in [2.05, 4.69) is 33.0 Å². The molecule has 0 aliphatic rings. The molecule has 4 atom stereocenters. The van der Waals surface area contributed by atoms with Crippen LogP contribution in [0.25, 0.3) is 0 Å². The van der Waals surface area contributed by atoms with Gasteiger partial charge in [-0.2, -0.15) is 0 Å². The van der Waals surface area contributed by atoms with E-state index in [0.717, 1.165) is 19.6 Å². The Morgan fingerprint density at radius 3 is 2.20 bits per heavy atom. The smallest absolute Gasteiger partial charge is 0.0618 e. The van der Waals surface area contributed by atoms with Gasteiger partial charge in [-0.05, 0) is 24.8 Å². The first kappa shape index (κ1) is 14.9. The van der Waals surface area contributed by atoms with Crippen LogP contribution >= 0.6 is 0 Å². The lowest BCUT2D eigenvalue weighted by Gasteiger charge is -2.32. The summed E-state index contributed by atoms with van der Waals surface area (Å²) in [6.07, 6.45) is 1.04. The summed E-state index contributed by atoms with van der Waals surface area (Å²) in [5, 5.41) is 3.46. The summed E-state index contributed by atoms with van der Waals surface area (Å²) >= 11 is 0. The minimum absolute atomic E-state index is 0.290. The summed E-state index contributed by atoms with van der Waals surface area (Å²) in [5.41, 5.74) is 6.08. The normalized spacial score (nSPS) is 19.6. The Bertz CT molecular complexity index is 147. The van der Waals surface area contributed by atoms with E-state index < -0.39 is 0 Å². The van der Waals surface area contributed by atoms with Crippen LogP contribution in [0.5, 0.6) is 0 Å². The van der Waals surface area contributed by atoms with Crippen LogP contribution in [0.4, 0.5) is 0 Å². The van der Waals surface area contributed by atoms with Gasteiger partial charge in [0.25, 0.3) is 0 Å². The van der Waals surface area contributed by atoms with Crippen molar-refractivity contribution in [2.75, 3.05) is 20.3 Å². The Morgan fingerprint density at radius 1 is 1.20 bits per heavy atom. The van der Waals surface area contributed by atoms with Crippen LogP contribution in [0.3, 0.4) is 0 Å². The number of rotatable bonds is 8. The molecule has 0 aliphatic carbocycles. The molecule has 0 spiro atoms. The van der Waals surface area contributed by atoms with Gasteiger partial charge < -0.3 is 15.8 Å². The maximum Gasteiger partial charge on any atom is 0.0618 e. The Hall–Kier alpha value is -0.120. The van der Waals surface area contributed by atoms with E-state index in [1.54, 1.807) is 7.11 Å². The molecule has 3 heteroatoms. The molecule has 0 aromatic heterocycles. The summed E-state index contributed by atoms with van der Waals surface area (Å²) in [5.74, 6) is 1.06. The Labute approximate surface area is 94.8 Å². The van der Waals surface area contributed by atoms with Gasteiger partial charge in [-0.15, -0.1) is 0 Å². The van der Waals surface area contributed by atoms with Crippen LogP contribution in [0.1, 0.15) is 34.1 Å². The third-order valence-corrected chi connectivity index (χ3v) is 3.42. The fourth-order valence-corrected chi connectivity index (χ4v) is 1.97. The molecule has 3 nitrogen and oxygen atoms in total. The molecule has 0 bridgehead atoms. The Kier molecular flexibility index (Phi) is 8.02. The van der Waals surface area contributed by atoms with Crippen LogP contribution < -0.4 is 11.1 Å². The summed E-state index contributed by atoms with van der Waals surface area (Å²) in [7, 11) is 1.75. The van der Waals surface area contributed by atoms with E-state index in [-0.39, 0.29) is 6.04 Å². The molecule has 3 N–H and O–H groups in total. The van der Waals surface area contributed by atoms with Crippen molar-refractivity contribution in [2.24, 2.45) is 17.6 Å². The Morgan fingerprint density at radius 2 is 1.80 bits per heavy atom. The molecule has 0 aromatic carbocycles. The highest BCUT2D eigenvalue weighted by Gasteiger charge is 2.25. The summed E-state index contributed by atoms with van der Waals surface area (Å²) < 4.78 is 5.24. The zero-order chi connectivity index (χ0) is 11.8. The van der Waals surface area contributed by atoms with Crippen molar-refractivity contribution in [1.29, 1.82) is 0 Å². The molecule has 0 heterocycles. The van der Waals surface area contributed by atoms with Gasteiger partial charge >= 0.3 is 0 Å². The monoisotopic (exact) mass is 216 g/mol. The average Bonchev–Trinajstić information content (AvgIpc) is 2.25. The number of likely N-dealkylation sites (N-methyl/N-ethyl adjacent to an activating group) is 1. The first-order valence-corrected chi connectivity index (χ1v) is 6.06. The van der Waals surface area contributed by atoms with Gasteiger partial charge in [0, 0.05) is 19.2 Å². The first-order valence-electron chi connectivity index (χ1n) is 6.06. The first-order chi connectivity index (χ1) is 7.08. The highest BCUT2D eigenvalue weighted by atomic mass is 16.5. The quantitative estimate of drug-likeness (QED) is 0.648. The topological polar surface area (TPSA) is 47.3 Å². The van der Waals surface area contributed by atoms with E-state index in [0.29, 0.717) is 17.9 Å². The number of hydrogen-bond donors (Lipinski definition) is 2. The fourth-order valence-electron chi connectivity index (χ4n) is 1.97. The zero-order valence-corrected chi connectivity index (χ0v) is 10.9. The van der Waals surface area contributed by atoms with Crippen molar-refractivity contribution in [3.05, 3.63) is 0 Å². The lowest BCUT2D eigenvalue weighted by atomic mass is 9.83. The summed E-state index contributed by atoms with van der Waals surface area (Å²) in [6.45, 7) is 10.5. The summed E-state index contributed by atoms with van der Waals surface area (Å²) in [4.78, 5) is 0. The van der Waals surface area contributed by atoms with Crippen molar-refractivity contribution in [3.8, 4) is 0 Å². The molecule has 0 amide bonds. The van der Waals surface area contributed by atoms with Crippen molar-refractivity contribution in [3.63, 3.8) is 0 Å². The third kappa shape index (κ3) is 4.96. The molecule has 0 aliphatic heterocycles. The van der Waals surface area contributed by atoms with Gasteiger partial charge in [0.2, 0.25) is 0 Å². The number of nitrogens with two attached hydrogens (primary N) is 1. The molecule has 0 fully saturated rings. The van der Waals surface area contributed by atoms with Crippen molar-refractivity contribution in [2.45, 2.75) is 46.2 Å². The highest BCUT2D eigenvalue weighted by molar-refractivity contribution is 4.81. The average molecular weight is 216 g/mol. The predicted molar refractivity (Wildman–Crippen MR) is 65.9 cm³/mol. The van der Waals surface area contributed by atoms with Gasteiger partial charge in [-0.3, -0.25) is 0 Å². The second kappa shape index (κ2) is 8.08. The van der Waals surface area contributed by atoms with E-state index in [9.17, 15) is 0 Å². The van der Waals surface area contributed by atoms with E-state index in [4.69, 9.17) is 10.5 Å². The second-order valence-electron chi connectivity index (χ2n) is 4.41. The van der Waals surface area contributed by atoms with E-state index in [1.807, 2.05) is 0 Å². The van der Waals surface area contributed by atoms with Crippen LogP contribution in [0.15, 0.2) is 0 Å². The standard InChI is InChI=1S/C12H28N2O/c1-6-11(13)9(3)10(4)12(8-15-5)14-7-2/h9-12,14H,6-8,13H2,1-5H3. The predicted octanol–water partition coefficient (Wildman–Crippen LogP) is 1.62. The minimum atomic E-state index is 0.290. The van der Waals surface area contributed by atoms with Gasteiger partial charge in [0.15, 0.2) is 0 Å². The summed E-state index contributed by atoms with van der Waals surface area (Å²) in [6, 6.07) is 0.700. The molecule has 0 rings (SSSR count). The van der Waals surface area contributed by atoms with Gasteiger partial charge in [0.05, 0.1) is 6.61 Å². The maximum atomic E-state index is 6.08. The van der Waals surface area contributed by atoms with E-state index in [1.165, 1.54) is 0 Å². The zero-order valence-electron chi connectivity index (χ0n) is 10.9. The van der Waals surface area contributed by atoms with Crippen LogP contribution in [-0.2, 0) is 4.74 Å².